The average molecular weight is 444 g/mol. The molecule has 0 aliphatic rings. The molecule has 0 bridgehead atoms. The first-order chi connectivity index (χ1) is 15.5. The molecule has 4 rings (SSSR count). The van der Waals surface area contributed by atoms with E-state index < -0.39 is 0 Å². The smallest absolute Gasteiger partial charge is 0.240 e. The minimum atomic E-state index is -0.370. The van der Waals surface area contributed by atoms with Gasteiger partial charge in [0.05, 0.1) is 16.1 Å². The number of carbonyl (C=O) groups is 1. The molecule has 4 nitrogen and oxygen atoms in total. The van der Waals surface area contributed by atoms with Gasteiger partial charge in [-0.05, 0) is 62.8 Å². The van der Waals surface area contributed by atoms with Crippen LogP contribution in [0, 0.1) is 6.92 Å². The van der Waals surface area contributed by atoms with E-state index >= 15 is 0 Å². The zero-order chi connectivity index (χ0) is 22.5. The van der Waals surface area contributed by atoms with E-state index in [1.807, 2.05) is 71.6 Å². The highest BCUT2D eigenvalue weighted by molar-refractivity contribution is 7.22. The number of rotatable bonds is 8. The molecule has 0 saturated heterocycles. The Balaban J connectivity index is 1.75. The zero-order valence-electron chi connectivity index (χ0n) is 18.9. The molecule has 32 heavy (non-hydrogen) atoms. The maximum absolute atomic E-state index is 14.1. The Bertz CT molecular complexity index is 1130. The number of thiazole rings is 1. The van der Waals surface area contributed by atoms with Crippen molar-refractivity contribution < 1.29 is 4.79 Å². The van der Waals surface area contributed by atoms with E-state index in [2.05, 4.69) is 38.1 Å². The van der Waals surface area contributed by atoms with Gasteiger partial charge < -0.3 is 4.90 Å². The molecule has 0 N–H and O–H groups in total. The number of benzene rings is 3. The SMILES string of the molecule is Cc1ccc2nc(N(CCCN(C)C)C(=O)C(c3ccccc3)c3ccccc3)sc2c1. The molecule has 1 amide bonds. The standard InChI is InChI=1S/C27H29N3OS/c1-20-15-16-23-24(19-20)32-27(28-23)30(18-10-17-29(2)3)26(31)25(21-11-6-4-7-12-21)22-13-8-5-9-14-22/h4-9,11-16,19,25H,10,17-18H2,1-3H3. The van der Waals surface area contributed by atoms with Crippen LogP contribution in [0.3, 0.4) is 0 Å². The van der Waals surface area contributed by atoms with Crippen molar-refractivity contribution in [3.8, 4) is 0 Å². The molecule has 164 valence electrons. The molecular weight excluding hydrogens is 414 g/mol. The molecule has 0 aliphatic carbocycles. The largest absolute Gasteiger partial charge is 0.309 e. The second-order valence-corrected chi connectivity index (χ2v) is 9.38. The third-order valence-electron chi connectivity index (χ3n) is 5.53. The number of anilines is 1. The molecule has 0 unspecified atom stereocenters. The van der Waals surface area contributed by atoms with Gasteiger partial charge in [-0.2, -0.15) is 0 Å². The third kappa shape index (κ3) is 5.06. The molecule has 0 atom stereocenters. The number of fused-ring (bicyclic) bond motifs is 1. The minimum Gasteiger partial charge on any atom is -0.309 e. The number of nitrogens with zero attached hydrogens (tertiary/aromatic N) is 3. The van der Waals surface area contributed by atoms with Crippen molar-refractivity contribution in [3.63, 3.8) is 0 Å². The van der Waals surface area contributed by atoms with Crippen LogP contribution in [0.2, 0.25) is 0 Å². The van der Waals surface area contributed by atoms with Crippen molar-refractivity contribution in [1.29, 1.82) is 0 Å². The first kappa shape index (κ1) is 22.2. The summed E-state index contributed by atoms with van der Waals surface area (Å²) >= 11 is 1.59. The molecule has 4 aromatic rings. The Kier molecular flexibility index (Phi) is 6.98. The third-order valence-corrected chi connectivity index (χ3v) is 6.57. The second-order valence-electron chi connectivity index (χ2n) is 8.37. The highest BCUT2D eigenvalue weighted by atomic mass is 32.1. The number of amides is 1. The summed E-state index contributed by atoms with van der Waals surface area (Å²) in [5.74, 6) is -0.303. The molecule has 5 heteroatoms. The van der Waals surface area contributed by atoms with E-state index in [-0.39, 0.29) is 11.8 Å². The van der Waals surface area contributed by atoms with Gasteiger partial charge in [-0.3, -0.25) is 9.69 Å². The topological polar surface area (TPSA) is 36.4 Å². The summed E-state index contributed by atoms with van der Waals surface area (Å²) in [4.78, 5) is 23.0. The molecule has 1 aromatic heterocycles. The maximum Gasteiger partial charge on any atom is 0.240 e. The summed E-state index contributed by atoms with van der Waals surface area (Å²) in [5.41, 5.74) is 4.14. The summed E-state index contributed by atoms with van der Waals surface area (Å²) in [6, 6.07) is 26.4. The van der Waals surface area contributed by atoms with Crippen LogP contribution in [-0.4, -0.2) is 43.0 Å². The van der Waals surface area contributed by atoms with E-state index in [1.54, 1.807) is 11.3 Å². The number of hydrogen-bond donors (Lipinski definition) is 0. The molecule has 0 saturated carbocycles. The van der Waals surface area contributed by atoms with Crippen molar-refractivity contribution in [2.45, 2.75) is 19.3 Å². The fourth-order valence-corrected chi connectivity index (χ4v) is 5.00. The van der Waals surface area contributed by atoms with E-state index in [0.29, 0.717) is 6.54 Å². The van der Waals surface area contributed by atoms with Gasteiger partial charge in [-0.1, -0.05) is 78.1 Å². The monoisotopic (exact) mass is 443 g/mol. The van der Waals surface area contributed by atoms with Gasteiger partial charge in [-0.15, -0.1) is 0 Å². The highest BCUT2D eigenvalue weighted by Gasteiger charge is 2.30. The van der Waals surface area contributed by atoms with Gasteiger partial charge in [0, 0.05) is 6.54 Å². The number of hydrogen-bond acceptors (Lipinski definition) is 4. The van der Waals surface area contributed by atoms with E-state index in [0.717, 1.165) is 39.4 Å². The summed E-state index contributed by atoms with van der Waals surface area (Å²) in [7, 11) is 4.12. The van der Waals surface area contributed by atoms with Crippen molar-refractivity contribution >= 4 is 32.6 Å². The van der Waals surface area contributed by atoms with Crippen LogP contribution in [0.4, 0.5) is 5.13 Å². The van der Waals surface area contributed by atoms with Crippen LogP contribution >= 0.6 is 11.3 Å². The Labute approximate surface area is 194 Å². The van der Waals surface area contributed by atoms with E-state index in [1.165, 1.54) is 5.56 Å². The van der Waals surface area contributed by atoms with Crippen LogP contribution in [-0.2, 0) is 4.79 Å². The van der Waals surface area contributed by atoms with Crippen LogP contribution in [0.5, 0.6) is 0 Å². The quantitative estimate of drug-likeness (QED) is 0.349. The van der Waals surface area contributed by atoms with Gasteiger partial charge in [0.25, 0.3) is 0 Å². The van der Waals surface area contributed by atoms with Gasteiger partial charge in [0.15, 0.2) is 5.13 Å². The number of aromatic nitrogens is 1. The normalized spacial score (nSPS) is 11.4. The summed E-state index contributed by atoms with van der Waals surface area (Å²) in [5, 5.41) is 0.770. The molecule has 0 radical (unpaired) electrons. The fourth-order valence-electron chi connectivity index (χ4n) is 3.90. The maximum atomic E-state index is 14.1. The van der Waals surface area contributed by atoms with Crippen molar-refractivity contribution in [3.05, 3.63) is 95.6 Å². The Morgan fingerprint density at radius 1 is 0.906 bits per heavy atom. The predicted octanol–water partition coefficient (Wildman–Crippen LogP) is 5.72. The van der Waals surface area contributed by atoms with E-state index in [4.69, 9.17) is 4.98 Å². The Morgan fingerprint density at radius 3 is 2.12 bits per heavy atom. The fraction of sp³-hybridized carbons (Fsp3) is 0.259. The first-order valence-electron chi connectivity index (χ1n) is 11.0. The summed E-state index contributed by atoms with van der Waals surface area (Å²) in [6.45, 7) is 3.63. The van der Waals surface area contributed by atoms with Crippen molar-refractivity contribution in [2.24, 2.45) is 0 Å². The van der Waals surface area contributed by atoms with Gasteiger partial charge >= 0.3 is 0 Å². The lowest BCUT2D eigenvalue weighted by atomic mass is 9.90. The Morgan fingerprint density at radius 2 is 1.53 bits per heavy atom. The average Bonchev–Trinajstić information content (AvgIpc) is 3.21. The van der Waals surface area contributed by atoms with Crippen molar-refractivity contribution in [1.82, 2.24) is 9.88 Å². The number of aryl methyl sites for hydroxylation is 1. The lowest BCUT2D eigenvalue weighted by molar-refractivity contribution is -0.119. The van der Waals surface area contributed by atoms with Crippen LogP contribution < -0.4 is 4.90 Å². The van der Waals surface area contributed by atoms with Crippen molar-refractivity contribution in [2.75, 3.05) is 32.1 Å². The predicted molar refractivity (Wildman–Crippen MR) is 135 cm³/mol. The molecule has 0 spiro atoms. The van der Waals surface area contributed by atoms with Gasteiger partial charge in [-0.25, -0.2) is 4.98 Å². The van der Waals surface area contributed by atoms with Gasteiger partial charge in [0.2, 0.25) is 5.91 Å². The highest BCUT2D eigenvalue weighted by Crippen LogP contribution is 2.34. The molecule has 3 aromatic carbocycles. The molecule has 0 fully saturated rings. The lowest BCUT2D eigenvalue weighted by Crippen LogP contribution is -2.37. The van der Waals surface area contributed by atoms with E-state index in [9.17, 15) is 4.79 Å². The van der Waals surface area contributed by atoms with Crippen LogP contribution in [0.25, 0.3) is 10.2 Å². The summed E-state index contributed by atoms with van der Waals surface area (Å²) < 4.78 is 1.11. The molecule has 0 aliphatic heterocycles. The molecule has 1 heterocycles. The van der Waals surface area contributed by atoms with Gasteiger partial charge in [0.1, 0.15) is 0 Å². The number of carbonyl (C=O) groups excluding carboxylic acids is 1. The lowest BCUT2D eigenvalue weighted by Gasteiger charge is -2.26. The minimum absolute atomic E-state index is 0.0666. The van der Waals surface area contributed by atoms with Crippen LogP contribution in [0.1, 0.15) is 29.0 Å². The molecular formula is C27H29N3OS. The first-order valence-corrected chi connectivity index (χ1v) is 11.8. The second kappa shape index (κ2) is 10.1. The van der Waals surface area contributed by atoms with Crippen LogP contribution in [0.15, 0.2) is 78.9 Å². The zero-order valence-corrected chi connectivity index (χ0v) is 19.7. The Hall–Kier alpha value is -3.02. The summed E-state index contributed by atoms with van der Waals surface area (Å²) in [6.07, 6.45) is 0.879.